The van der Waals surface area contributed by atoms with E-state index in [4.69, 9.17) is 4.18 Å². The number of thiophene rings is 1. The van der Waals surface area contributed by atoms with E-state index in [1.54, 1.807) is 17.5 Å². The molecule has 0 N–H and O–H groups in total. The van der Waals surface area contributed by atoms with Crippen molar-refractivity contribution in [3.63, 3.8) is 0 Å². The van der Waals surface area contributed by atoms with Crippen LogP contribution in [0.4, 0.5) is 18.9 Å². The molecule has 0 saturated carbocycles. The van der Waals surface area contributed by atoms with Gasteiger partial charge in [-0.1, -0.05) is 6.07 Å². The van der Waals surface area contributed by atoms with Gasteiger partial charge >= 0.3 is 10.1 Å². The first-order valence-corrected chi connectivity index (χ1v) is 9.39. The molecule has 1 aromatic heterocycles. The molecule has 0 atom stereocenters. The SMILES string of the molecule is O=[N+]([O-])c1ccc(OS(=O)(=O)c2cc(F)c(F)cc2F)c(-c2cccs2)c1. The third kappa shape index (κ3) is 3.78. The van der Waals surface area contributed by atoms with Gasteiger partial charge in [-0.25, -0.2) is 13.2 Å². The van der Waals surface area contributed by atoms with E-state index in [0.29, 0.717) is 4.88 Å². The van der Waals surface area contributed by atoms with E-state index < -0.39 is 37.4 Å². The Hall–Kier alpha value is -2.92. The minimum atomic E-state index is -4.88. The number of non-ortho nitro benzene ring substituents is 1. The predicted molar refractivity (Wildman–Crippen MR) is 90.5 cm³/mol. The van der Waals surface area contributed by atoms with Crippen LogP contribution in [0, 0.1) is 27.6 Å². The van der Waals surface area contributed by atoms with E-state index in [-0.39, 0.29) is 29.1 Å². The summed E-state index contributed by atoms with van der Waals surface area (Å²) in [5.74, 6) is -4.98. The molecule has 0 aliphatic heterocycles. The summed E-state index contributed by atoms with van der Waals surface area (Å²) in [4.78, 5) is 9.56. The van der Waals surface area contributed by atoms with Crippen molar-refractivity contribution >= 4 is 27.1 Å². The molecule has 27 heavy (non-hydrogen) atoms. The summed E-state index contributed by atoms with van der Waals surface area (Å²) < 4.78 is 69.8. The highest BCUT2D eigenvalue weighted by molar-refractivity contribution is 7.87. The zero-order valence-corrected chi connectivity index (χ0v) is 14.7. The number of benzene rings is 2. The Kier molecular flexibility index (Phi) is 4.89. The van der Waals surface area contributed by atoms with E-state index in [2.05, 4.69) is 0 Å². The molecule has 0 aliphatic carbocycles. The Morgan fingerprint density at radius 2 is 1.70 bits per heavy atom. The van der Waals surface area contributed by atoms with Crippen LogP contribution in [0.3, 0.4) is 0 Å². The van der Waals surface area contributed by atoms with Crippen molar-refractivity contribution in [2.75, 3.05) is 0 Å². The molecule has 0 aliphatic rings. The molecule has 0 radical (unpaired) electrons. The second-order valence-electron chi connectivity index (χ2n) is 5.15. The van der Waals surface area contributed by atoms with Gasteiger partial charge < -0.3 is 4.18 Å². The maximum absolute atomic E-state index is 13.8. The Morgan fingerprint density at radius 3 is 2.33 bits per heavy atom. The fraction of sp³-hybridized carbons (Fsp3) is 0. The average molecular weight is 415 g/mol. The van der Waals surface area contributed by atoms with Gasteiger partial charge in [0.25, 0.3) is 5.69 Å². The van der Waals surface area contributed by atoms with Gasteiger partial charge in [-0.2, -0.15) is 8.42 Å². The molecule has 0 bridgehead atoms. The molecule has 3 rings (SSSR count). The highest BCUT2D eigenvalue weighted by Gasteiger charge is 2.26. The molecule has 140 valence electrons. The van der Waals surface area contributed by atoms with Crippen LogP contribution >= 0.6 is 11.3 Å². The van der Waals surface area contributed by atoms with Crippen molar-refractivity contribution in [1.82, 2.24) is 0 Å². The second-order valence-corrected chi connectivity index (χ2v) is 7.61. The Bertz CT molecular complexity index is 1130. The average Bonchev–Trinajstić information content (AvgIpc) is 3.12. The zero-order chi connectivity index (χ0) is 19.8. The summed E-state index contributed by atoms with van der Waals surface area (Å²) in [6.45, 7) is 0. The van der Waals surface area contributed by atoms with Crippen LogP contribution in [-0.2, 0) is 10.1 Å². The lowest BCUT2D eigenvalue weighted by Crippen LogP contribution is -2.13. The summed E-state index contributed by atoms with van der Waals surface area (Å²) in [5.41, 5.74) is -0.243. The van der Waals surface area contributed by atoms with Crippen LogP contribution in [0.2, 0.25) is 0 Å². The molecule has 0 saturated heterocycles. The van der Waals surface area contributed by atoms with Crippen molar-refractivity contribution in [2.45, 2.75) is 4.90 Å². The van der Waals surface area contributed by atoms with Crippen LogP contribution in [0.15, 0.2) is 52.7 Å². The fourth-order valence-corrected chi connectivity index (χ4v) is 3.95. The first kappa shape index (κ1) is 18.9. The summed E-state index contributed by atoms with van der Waals surface area (Å²) in [6, 6.07) is 6.58. The van der Waals surface area contributed by atoms with Gasteiger partial charge in [0.2, 0.25) is 0 Å². The first-order valence-electron chi connectivity index (χ1n) is 7.10. The summed E-state index contributed by atoms with van der Waals surface area (Å²) in [6.07, 6.45) is 0. The topological polar surface area (TPSA) is 86.5 Å². The molecule has 11 heteroatoms. The van der Waals surface area contributed by atoms with Crippen molar-refractivity contribution < 1.29 is 30.7 Å². The van der Waals surface area contributed by atoms with Crippen molar-refractivity contribution in [3.05, 3.63) is 75.4 Å². The Balaban J connectivity index is 2.10. The van der Waals surface area contributed by atoms with E-state index >= 15 is 0 Å². The van der Waals surface area contributed by atoms with E-state index in [1.807, 2.05) is 0 Å². The maximum atomic E-state index is 13.8. The van der Waals surface area contributed by atoms with Gasteiger partial charge in [0.05, 0.1) is 4.92 Å². The number of nitro benzene ring substituents is 1. The molecule has 1 heterocycles. The molecule has 6 nitrogen and oxygen atoms in total. The van der Waals surface area contributed by atoms with Crippen LogP contribution in [0.5, 0.6) is 5.75 Å². The Labute approximate surface area is 154 Å². The van der Waals surface area contributed by atoms with Crippen LogP contribution < -0.4 is 4.18 Å². The fourth-order valence-electron chi connectivity index (χ4n) is 2.19. The third-order valence-electron chi connectivity index (χ3n) is 3.40. The number of hydrogen-bond acceptors (Lipinski definition) is 6. The highest BCUT2D eigenvalue weighted by Crippen LogP contribution is 2.37. The first-order chi connectivity index (χ1) is 12.7. The monoisotopic (exact) mass is 415 g/mol. The number of nitro groups is 1. The van der Waals surface area contributed by atoms with Crippen LogP contribution in [0.1, 0.15) is 0 Å². The smallest absolute Gasteiger partial charge is 0.342 e. The minimum Gasteiger partial charge on any atom is -0.378 e. The highest BCUT2D eigenvalue weighted by atomic mass is 32.2. The molecular formula is C16H8F3NO5S2. The Morgan fingerprint density at radius 1 is 1.00 bits per heavy atom. The third-order valence-corrected chi connectivity index (χ3v) is 5.56. The minimum absolute atomic E-state index is 0.0748. The van der Waals surface area contributed by atoms with E-state index in [9.17, 15) is 31.7 Å². The molecule has 0 spiro atoms. The number of halogens is 3. The largest absolute Gasteiger partial charge is 0.378 e. The summed E-state index contributed by atoms with van der Waals surface area (Å²) in [5, 5.41) is 12.6. The lowest BCUT2D eigenvalue weighted by molar-refractivity contribution is -0.384. The van der Waals surface area contributed by atoms with E-state index in [1.165, 1.54) is 0 Å². The molecular weight excluding hydrogens is 407 g/mol. The van der Waals surface area contributed by atoms with Gasteiger partial charge in [-0.3, -0.25) is 10.1 Å². The quantitative estimate of drug-likeness (QED) is 0.265. The summed E-state index contributed by atoms with van der Waals surface area (Å²) >= 11 is 1.16. The number of nitrogens with zero attached hydrogens (tertiary/aromatic N) is 1. The molecule has 0 fully saturated rings. The standard InChI is InChI=1S/C16H8F3NO5S2/c17-11-7-13(19)16(8-12(11)18)27(23,24)25-14-4-3-9(20(21)22)6-10(14)15-2-1-5-26-15/h1-8H. The normalized spacial score (nSPS) is 11.4. The van der Waals surface area contributed by atoms with Gasteiger partial charge in [-0.05, 0) is 17.5 Å². The predicted octanol–water partition coefficient (Wildman–Crippen LogP) is 4.51. The van der Waals surface area contributed by atoms with Gasteiger partial charge in [-0.15, -0.1) is 11.3 Å². The van der Waals surface area contributed by atoms with Gasteiger partial charge in [0.1, 0.15) is 10.7 Å². The maximum Gasteiger partial charge on any atom is 0.342 e. The molecule has 2 aromatic carbocycles. The van der Waals surface area contributed by atoms with Crippen LogP contribution in [-0.4, -0.2) is 13.3 Å². The zero-order valence-electron chi connectivity index (χ0n) is 13.1. The number of hydrogen-bond donors (Lipinski definition) is 0. The second kappa shape index (κ2) is 7.00. The lowest BCUT2D eigenvalue weighted by atomic mass is 10.1. The van der Waals surface area contributed by atoms with Crippen molar-refractivity contribution in [1.29, 1.82) is 0 Å². The van der Waals surface area contributed by atoms with Gasteiger partial charge in [0.15, 0.2) is 17.4 Å². The summed E-state index contributed by atoms with van der Waals surface area (Å²) in [7, 11) is -4.88. The van der Waals surface area contributed by atoms with Crippen molar-refractivity contribution in [3.8, 4) is 16.2 Å². The molecule has 0 amide bonds. The van der Waals surface area contributed by atoms with E-state index in [0.717, 1.165) is 29.5 Å². The van der Waals surface area contributed by atoms with Crippen molar-refractivity contribution in [2.24, 2.45) is 0 Å². The van der Waals surface area contributed by atoms with Gasteiger partial charge in [0, 0.05) is 34.7 Å². The van der Waals surface area contributed by atoms with Crippen LogP contribution in [0.25, 0.3) is 10.4 Å². The lowest BCUT2D eigenvalue weighted by Gasteiger charge is -2.11. The molecule has 0 unspecified atom stereocenters. The number of rotatable bonds is 5. The molecule has 3 aromatic rings.